The molecule has 25 heavy (non-hydrogen) atoms. The summed E-state index contributed by atoms with van der Waals surface area (Å²) in [5.74, 6) is 0.306. The number of quaternary nitrogens is 1. The fraction of sp³-hybridized carbons (Fsp3) is 0.474. The van der Waals surface area contributed by atoms with Gasteiger partial charge in [-0.15, -0.1) is 22.7 Å². The van der Waals surface area contributed by atoms with Gasteiger partial charge in [-0.1, -0.05) is 6.07 Å². The average molecular weight is 373 g/mol. The number of thiophene rings is 2. The zero-order valence-electron chi connectivity index (χ0n) is 14.2. The van der Waals surface area contributed by atoms with Crippen molar-refractivity contribution in [1.82, 2.24) is 5.32 Å². The molecular weight excluding hydrogens is 350 g/mol. The van der Waals surface area contributed by atoms with Gasteiger partial charge in [0, 0.05) is 16.9 Å². The number of fused-ring (bicyclic) bond motifs is 1. The molecule has 3 atom stereocenters. The summed E-state index contributed by atoms with van der Waals surface area (Å²) in [7, 11) is 0. The number of rotatable bonds is 5. The number of nitriles is 1. The molecule has 2 aromatic heterocycles. The van der Waals surface area contributed by atoms with Crippen LogP contribution in [0.1, 0.15) is 41.1 Å². The SMILES string of the molecule is C[C@](C#N)(NC(=O)C[NH+]1CCc2sccc2[C@@H]1c1cccs1)C1CC1. The minimum Gasteiger partial charge on any atom is -0.333 e. The van der Waals surface area contributed by atoms with Crippen LogP contribution in [-0.4, -0.2) is 24.5 Å². The van der Waals surface area contributed by atoms with Crippen LogP contribution in [0.2, 0.25) is 0 Å². The van der Waals surface area contributed by atoms with Crippen molar-refractivity contribution in [2.75, 3.05) is 13.1 Å². The Morgan fingerprint density at radius 3 is 2.92 bits per heavy atom. The predicted octanol–water partition coefficient (Wildman–Crippen LogP) is 2.15. The smallest absolute Gasteiger partial charge is 0.276 e. The predicted molar refractivity (Wildman–Crippen MR) is 99.8 cm³/mol. The van der Waals surface area contributed by atoms with Gasteiger partial charge in [-0.3, -0.25) is 4.79 Å². The van der Waals surface area contributed by atoms with Crippen LogP contribution in [-0.2, 0) is 11.2 Å². The van der Waals surface area contributed by atoms with Crippen LogP contribution in [0.25, 0.3) is 0 Å². The zero-order valence-corrected chi connectivity index (χ0v) is 15.9. The third kappa shape index (κ3) is 3.24. The van der Waals surface area contributed by atoms with E-state index >= 15 is 0 Å². The van der Waals surface area contributed by atoms with Crippen LogP contribution in [0.3, 0.4) is 0 Å². The van der Waals surface area contributed by atoms with Crippen molar-refractivity contribution in [2.45, 2.75) is 37.8 Å². The number of hydrogen-bond acceptors (Lipinski definition) is 4. The quantitative estimate of drug-likeness (QED) is 0.845. The summed E-state index contributed by atoms with van der Waals surface area (Å²) in [5.41, 5.74) is 0.657. The number of amides is 1. The molecule has 6 heteroatoms. The largest absolute Gasteiger partial charge is 0.333 e. The lowest BCUT2D eigenvalue weighted by Gasteiger charge is -2.32. The van der Waals surface area contributed by atoms with Crippen LogP contribution in [0.4, 0.5) is 0 Å². The van der Waals surface area contributed by atoms with Gasteiger partial charge in [0.05, 0.1) is 17.5 Å². The summed E-state index contributed by atoms with van der Waals surface area (Å²) >= 11 is 3.58. The Bertz CT molecular complexity index is 803. The fourth-order valence-electron chi connectivity index (χ4n) is 3.87. The molecule has 0 aromatic carbocycles. The second kappa shape index (κ2) is 6.56. The van der Waals surface area contributed by atoms with Gasteiger partial charge in [-0.25, -0.2) is 0 Å². The highest BCUT2D eigenvalue weighted by Gasteiger charge is 2.44. The molecule has 2 N–H and O–H groups in total. The molecule has 1 aliphatic carbocycles. The molecule has 0 spiro atoms. The Labute approximate surface area is 156 Å². The van der Waals surface area contributed by atoms with Crippen LogP contribution in [0.15, 0.2) is 29.0 Å². The highest BCUT2D eigenvalue weighted by molar-refractivity contribution is 7.10. The van der Waals surface area contributed by atoms with Crippen molar-refractivity contribution in [2.24, 2.45) is 5.92 Å². The second-order valence-electron chi connectivity index (χ2n) is 7.22. The molecule has 130 valence electrons. The minimum atomic E-state index is -0.710. The number of carbonyl (C=O) groups is 1. The summed E-state index contributed by atoms with van der Waals surface area (Å²) in [6.07, 6.45) is 3.10. The van der Waals surface area contributed by atoms with E-state index in [-0.39, 0.29) is 11.9 Å². The molecule has 1 unspecified atom stereocenters. The molecule has 4 rings (SSSR count). The molecule has 0 bridgehead atoms. The highest BCUT2D eigenvalue weighted by atomic mass is 32.1. The Kier molecular flexibility index (Phi) is 4.40. The van der Waals surface area contributed by atoms with Crippen molar-refractivity contribution >= 4 is 28.6 Å². The maximum Gasteiger partial charge on any atom is 0.276 e. The van der Waals surface area contributed by atoms with E-state index in [9.17, 15) is 10.1 Å². The van der Waals surface area contributed by atoms with Crippen molar-refractivity contribution in [3.63, 3.8) is 0 Å². The molecule has 0 saturated heterocycles. The van der Waals surface area contributed by atoms with Crippen molar-refractivity contribution in [3.8, 4) is 6.07 Å². The summed E-state index contributed by atoms with van der Waals surface area (Å²) in [5, 5.41) is 16.8. The molecule has 0 radical (unpaired) electrons. The number of nitrogens with one attached hydrogen (secondary N) is 2. The molecule has 1 fully saturated rings. The van der Waals surface area contributed by atoms with E-state index < -0.39 is 5.54 Å². The number of carbonyl (C=O) groups excluding carboxylic acids is 1. The molecule has 1 aliphatic heterocycles. The van der Waals surface area contributed by atoms with E-state index in [0.717, 1.165) is 25.8 Å². The van der Waals surface area contributed by atoms with Crippen LogP contribution in [0, 0.1) is 17.2 Å². The van der Waals surface area contributed by atoms with Gasteiger partial charge >= 0.3 is 0 Å². The van der Waals surface area contributed by atoms with Crippen LogP contribution >= 0.6 is 22.7 Å². The first-order valence-electron chi connectivity index (χ1n) is 8.77. The normalized spacial score (nSPS) is 24.8. The maximum atomic E-state index is 12.7. The van der Waals surface area contributed by atoms with Gasteiger partial charge in [0.2, 0.25) is 0 Å². The first-order chi connectivity index (χ1) is 12.1. The topological polar surface area (TPSA) is 57.3 Å². The molecule has 2 aliphatic rings. The van der Waals surface area contributed by atoms with E-state index in [4.69, 9.17) is 0 Å². The summed E-state index contributed by atoms with van der Waals surface area (Å²) < 4.78 is 0. The van der Waals surface area contributed by atoms with E-state index in [0.29, 0.717) is 12.5 Å². The third-order valence-corrected chi connectivity index (χ3v) is 7.35. The van der Waals surface area contributed by atoms with Crippen LogP contribution < -0.4 is 10.2 Å². The third-order valence-electron chi connectivity index (χ3n) is 5.41. The van der Waals surface area contributed by atoms with E-state index in [1.54, 1.807) is 11.3 Å². The van der Waals surface area contributed by atoms with Gasteiger partial charge in [0.15, 0.2) is 6.54 Å². The lowest BCUT2D eigenvalue weighted by Crippen LogP contribution is -3.14. The summed E-state index contributed by atoms with van der Waals surface area (Å²) in [6, 6.07) is 9.02. The molecule has 2 aromatic rings. The van der Waals surface area contributed by atoms with E-state index in [2.05, 4.69) is 40.3 Å². The van der Waals surface area contributed by atoms with Gasteiger partial charge in [-0.2, -0.15) is 5.26 Å². The van der Waals surface area contributed by atoms with Crippen molar-refractivity contribution < 1.29 is 9.69 Å². The molecule has 1 saturated carbocycles. The summed E-state index contributed by atoms with van der Waals surface area (Å²) in [4.78, 5) is 16.7. The van der Waals surface area contributed by atoms with Gasteiger partial charge in [0.1, 0.15) is 11.6 Å². The molecule has 3 heterocycles. The van der Waals surface area contributed by atoms with Crippen molar-refractivity contribution in [3.05, 3.63) is 44.3 Å². The van der Waals surface area contributed by atoms with Gasteiger partial charge in [-0.05, 0) is 48.6 Å². The Hall–Kier alpha value is -1.68. The Morgan fingerprint density at radius 2 is 2.24 bits per heavy atom. The fourth-order valence-corrected chi connectivity index (χ4v) is 5.69. The second-order valence-corrected chi connectivity index (χ2v) is 9.20. The Balaban J connectivity index is 1.53. The van der Waals surface area contributed by atoms with Crippen molar-refractivity contribution in [1.29, 1.82) is 5.26 Å². The van der Waals surface area contributed by atoms with E-state index in [1.807, 2.05) is 18.3 Å². The zero-order chi connectivity index (χ0) is 17.4. The highest BCUT2D eigenvalue weighted by Crippen LogP contribution is 2.39. The molecule has 4 nitrogen and oxygen atoms in total. The average Bonchev–Trinajstić information content (AvgIpc) is 3.13. The van der Waals surface area contributed by atoms with Crippen LogP contribution in [0.5, 0.6) is 0 Å². The summed E-state index contributed by atoms with van der Waals surface area (Å²) in [6.45, 7) is 3.24. The van der Waals surface area contributed by atoms with Gasteiger partial charge < -0.3 is 10.2 Å². The van der Waals surface area contributed by atoms with E-state index in [1.165, 1.54) is 20.2 Å². The first-order valence-corrected chi connectivity index (χ1v) is 10.5. The van der Waals surface area contributed by atoms with Gasteiger partial charge in [0.25, 0.3) is 5.91 Å². The lowest BCUT2D eigenvalue weighted by molar-refractivity contribution is -0.919. The molecular formula is C19H22N3OS2+. The first kappa shape index (κ1) is 16.8. The minimum absolute atomic E-state index is 0.00816. The molecule has 1 amide bonds. The maximum absolute atomic E-state index is 12.7. The number of nitrogens with zero attached hydrogens (tertiary/aromatic N) is 1. The number of hydrogen-bond donors (Lipinski definition) is 2. The monoisotopic (exact) mass is 372 g/mol. The Morgan fingerprint density at radius 1 is 1.40 bits per heavy atom. The lowest BCUT2D eigenvalue weighted by atomic mass is 9.97. The standard InChI is InChI=1S/C19H21N3OS2/c1-19(12-20,13-4-5-13)21-17(23)11-22-8-6-15-14(7-10-25-15)18(22)16-3-2-9-24-16/h2-3,7,9-10,13,18H,4-6,8,11H2,1H3,(H,21,23)/p+1/t18-,19-/m1/s1.